The van der Waals surface area contributed by atoms with Crippen LogP contribution in [0.15, 0.2) is 4.99 Å². The number of rotatable bonds is 4. The van der Waals surface area contributed by atoms with Crippen LogP contribution >= 0.6 is 0 Å². The lowest BCUT2D eigenvalue weighted by atomic mass is 9.96. The molecular weight excluding hydrogens is 226 g/mol. The van der Waals surface area contributed by atoms with Crippen LogP contribution < -0.4 is 16.6 Å². The lowest BCUT2D eigenvalue weighted by Gasteiger charge is -2.31. The van der Waals surface area contributed by atoms with Gasteiger partial charge in [0, 0.05) is 11.6 Å². The summed E-state index contributed by atoms with van der Waals surface area (Å²) in [6.07, 6.45) is 6.40. The van der Waals surface area contributed by atoms with Gasteiger partial charge in [0.05, 0.1) is 6.54 Å². The molecule has 1 aliphatic carbocycles. The lowest BCUT2D eigenvalue weighted by Crippen LogP contribution is -2.48. The molecule has 0 unspecified atom stereocenters. The van der Waals surface area contributed by atoms with Crippen LogP contribution in [0.4, 0.5) is 0 Å². The topological polar surface area (TPSA) is 65.7 Å². The van der Waals surface area contributed by atoms with Crippen molar-refractivity contribution in [2.45, 2.75) is 57.5 Å². The van der Waals surface area contributed by atoms with Crippen molar-refractivity contribution in [2.75, 3.05) is 20.6 Å². The molecule has 0 saturated heterocycles. The number of nitrogens with zero attached hydrogens (tertiary/aromatic N) is 2. The Bertz CT molecular complexity index is 267. The van der Waals surface area contributed by atoms with Crippen LogP contribution in [0, 0.1) is 0 Å². The van der Waals surface area contributed by atoms with Gasteiger partial charge in [-0.1, -0.05) is 19.3 Å². The number of nitrogens with two attached hydrogens (primary N) is 1. The Balaban J connectivity index is 2.49. The average molecular weight is 255 g/mol. The third kappa shape index (κ3) is 4.82. The first kappa shape index (κ1) is 15.2. The first-order chi connectivity index (χ1) is 8.45. The van der Waals surface area contributed by atoms with Crippen molar-refractivity contribution in [3.05, 3.63) is 0 Å². The first-order valence-corrected chi connectivity index (χ1v) is 6.91. The van der Waals surface area contributed by atoms with E-state index in [0.717, 1.165) is 12.5 Å². The summed E-state index contributed by atoms with van der Waals surface area (Å²) >= 11 is 0. The molecular formula is C13H29N5. The van der Waals surface area contributed by atoms with Crippen LogP contribution in [0.2, 0.25) is 0 Å². The number of nitrogens with one attached hydrogen (secondary N) is 2. The summed E-state index contributed by atoms with van der Waals surface area (Å²) in [4.78, 5) is 6.73. The smallest absolute Gasteiger partial charge is 0.206 e. The molecule has 1 fully saturated rings. The lowest BCUT2D eigenvalue weighted by molar-refractivity contribution is 0.204. The SMILES string of the molecule is CN(C)C(C)(C)CN=C(NN)NC1CCCCC1. The molecule has 0 aromatic heterocycles. The van der Waals surface area contributed by atoms with Crippen molar-refractivity contribution >= 4 is 5.96 Å². The van der Waals surface area contributed by atoms with E-state index in [1.165, 1.54) is 32.1 Å². The van der Waals surface area contributed by atoms with E-state index in [-0.39, 0.29) is 5.54 Å². The summed E-state index contributed by atoms with van der Waals surface area (Å²) in [5, 5.41) is 3.41. The fourth-order valence-electron chi connectivity index (χ4n) is 1.99. The molecule has 5 nitrogen and oxygen atoms in total. The van der Waals surface area contributed by atoms with E-state index in [0.29, 0.717) is 6.04 Å². The van der Waals surface area contributed by atoms with Crippen molar-refractivity contribution in [2.24, 2.45) is 10.8 Å². The van der Waals surface area contributed by atoms with Crippen LogP contribution in [0.5, 0.6) is 0 Å². The summed E-state index contributed by atoms with van der Waals surface area (Å²) in [5.74, 6) is 6.26. The maximum absolute atomic E-state index is 5.54. The molecule has 0 aliphatic heterocycles. The van der Waals surface area contributed by atoms with Gasteiger partial charge in [-0.25, -0.2) is 5.84 Å². The fourth-order valence-corrected chi connectivity index (χ4v) is 1.99. The largest absolute Gasteiger partial charge is 0.353 e. The van der Waals surface area contributed by atoms with Crippen molar-refractivity contribution in [3.8, 4) is 0 Å². The predicted octanol–water partition coefficient (Wildman–Crippen LogP) is 1.07. The molecule has 4 N–H and O–H groups in total. The Morgan fingerprint density at radius 2 is 1.89 bits per heavy atom. The Kier molecular flexibility index (Phi) is 5.88. The van der Waals surface area contributed by atoms with Crippen molar-refractivity contribution in [1.29, 1.82) is 0 Å². The zero-order valence-electron chi connectivity index (χ0n) is 12.3. The van der Waals surface area contributed by atoms with E-state index in [2.05, 4.69) is 48.6 Å². The highest BCUT2D eigenvalue weighted by Gasteiger charge is 2.20. The summed E-state index contributed by atoms with van der Waals surface area (Å²) < 4.78 is 0. The summed E-state index contributed by atoms with van der Waals surface area (Å²) in [6.45, 7) is 5.07. The van der Waals surface area contributed by atoms with E-state index >= 15 is 0 Å². The predicted molar refractivity (Wildman–Crippen MR) is 77.4 cm³/mol. The summed E-state index contributed by atoms with van der Waals surface area (Å²) in [6, 6.07) is 0.524. The quantitative estimate of drug-likeness (QED) is 0.304. The maximum atomic E-state index is 5.54. The van der Waals surface area contributed by atoms with Gasteiger partial charge in [-0.05, 0) is 40.8 Å². The standard InChI is InChI=1S/C13H29N5/c1-13(2,18(3)4)10-15-12(17-14)16-11-8-6-5-7-9-11/h11H,5-10,14H2,1-4H3,(H2,15,16,17). The third-order valence-corrected chi connectivity index (χ3v) is 3.92. The summed E-state index contributed by atoms with van der Waals surface area (Å²) in [7, 11) is 4.14. The number of aliphatic imine (C=N–C) groups is 1. The molecule has 0 spiro atoms. The molecule has 0 amide bonds. The van der Waals surface area contributed by atoms with Gasteiger partial charge in [0.15, 0.2) is 0 Å². The number of hydrogen-bond donors (Lipinski definition) is 3. The van der Waals surface area contributed by atoms with E-state index in [1.807, 2.05) is 0 Å². The number of guanidine groups is 1. The number of hydrazine groups is 1. The molecule has 0 aromatic rings. The van der Waals surface area contributed by atoms with Crippen molar-refractivity contribution in [3.63, 3.8) is 0 Å². The van der Waals surface area contributed by atoms with Gasteiger partial charge in [0.25, 0.3) is 0 Å². The molecule has 0 atom stereocenters. The molecule has 18 heavy (non-hydrogen) atoms. The minimum absolute atomic E-state index is 0.0380. The molecule has 1 aliphatic rings. The highest BCUT2D eigenvalue weighted by atomic mass is 15.3. The molecule has 0 radical (unpaired) electrons. The molecule has 0 heterocycles. The van der Waals surface area contributed by atoms with Gasteiger partial charge >= 0.3 is 0 Å². The highest BCUT2D eigenvalue weighted by Crippen LogP contribution is 2.17. The second-order valence-corrected chi connectivity index (χ2v) is 6.00. The van der Waals surface area contributed by atoms with Gasteiger partial charge < -0.3 is 10.2 Å². The fraction of sp³-hybridized carbons (Fsp3) is 0.923. The summed E-state index contributed by atoms with van der Waals surface area (Å²) in [5.41, 5.74) is 2.72. The van der Waals surface area contributed by atoms with Gasteiger partial charge in [0.2, 0.25) is 5.96 Å². The zero-order chi connectivity index (χ0) is 13.6. The Hall–Kier alpha value is -0.810. The number of hydrogen-bond acceptors (Lipinski definition) is 3. The van der Waals surface area contributed by atoms with Crippen LogP contribution in [-0.2, 0) is 0 Å². The van der Waals surface area contributed by atoms with Gasteiger partial charge in [-0.15, -0.1) is 0 Å². The molecule has 1 saturated carbocycles. The van der Waals surface area contributed by atoms with Crippen LogP contribution in [0.1, 0.15) is 46.0 Å². The van der Waals surface area contributed by atoms with Crippen LogP contribution in [0.3, 0.4) is 0 Å². The third-order valence-electron chi connectivity index (χ3n) is 3.92. The molecule has 106 valence electrons. The zero-order valence-corrected chi connectivity index (χ0v) is 12.3. The molecule has 5 heteroatoms. The average Bonchev–Trinajstić information content (AvgIpc) is 2.35. The highest BCUT2D eigenvalue weighted by molar-refractivity contribution is 5.79. The van der Waals surface area contributed by atoms with Crippen molar-refractivity contribution in [1.82, 2.24) is 15.6 Å². The van der Waals surface area contributed by atoms with Gasteiger partial charge in [-0.2, -0.15) is 0 Å². The Morgan fingerprint density at radius 3 is 2.39 bits per heavy atom. The van der Waals surface area contributed by atoms with Crippen LogP contribution in [0.25, 0.3) is 0 Å². The minimum Gasteiger partial charge on any atom is -0.353 e. The van der Waals surface area contributed by atoms with Gasteiger partial charge in [0.1, 0.15) is 0 Å². The van der Waals surface area contributed by atoms with E-state index < -0.39 is 0 Å². The second kappa shape index (κ2) is 6.95. The van der Waals surface area contributed by atoms with E-state index in [4.69, 9.17) is 5.84 Å². The van der Waals surface area contributed by atoms with Gasteiger partial charge in [-0.3, -0.25) is 10.4 Å². The minimum atomic E-state index is 0.0380. The normalized spacial score (nSPS) is 19.1. The van der Waals surface area contributed by atoms with E-state index in [9.17, 15) is 0 Å². The second-order valence-electron chi connectivity index (χ2n) is 6.00. The van der Waals surface area contributed by atoms with Crippen LogP contribution in [-0.4, -0.2) is 43.1 Å². The maximum Gasteiger partial charge on any atom is 0.206 e. The first-order valence-electron chi connectivity index (χ1n) is 6.91. The Labute approximate surface area is 111 Å². The van der Waals surface area contributed by atoms with E-state index in [1.54, 1.807) is 0 Å². The molecule has 0 bridgehead atoms. The van der Waals surface area contributed by atoms with Crippen molar-refractivity contribution < 1.29 is 0 Å². The molecule has 0 aromatic carbocycles. The molecule has 1 rings (SSSR count). The monoisotopic (exact) mass is 255 g/mol. The Morgan fingerprint density at radius 1 is 1.28 bits per heavy atom. The number of likely N-dealkylation sites (N-methyl/N-ethyl adjacent to an activating group) is 1.